The predicted molar refractivity (Wildman–Crippen MR) is 141 cm³/mol. The summed E-state index contributed by atoms with van der Waals surface area (Å²) in [6, 6.07) is 16.1. The molecule has 9 heteroatoms. The van der Waals surface area contributed by atoms with Crippen LogP contribution in [0.3, 0.4) is 0 Å². The summed E-state index contributed by atoms with van der Waals surface area (Å²) in [7, 11) is 0. The summed E-state index contributed by atoms with van der Waals surface area (Å²) < 4.78 is 13.7. The molecular weight excluding hydrogens is 565 g/mol. The van der Waals surface area contributed by atoms with Crippen LogP contribution in [0.4, 0.5) is 0 Å². The molecule has 0 spiro atoms. The Morgan fingerprint density at radius 3 is 2.03 bits per heavy atom. The third-order valence-electron chi connectivity index (χ3n) is 5.72. The minimum absolute atomic E-state index is 0.105. The monoisotopic (exact) mass is 595 g/mol. The summed E-state index contributed by atoms with van der Waals surface area (Å²) in [5, 5.41) is 27.6. The van der Waals surface area contributed by atoms with Crippen LogP contribution in [0, 0.1) is 9.62 Å². The van der Waals surface area contributed by atoms with Crippen molar-refractivity contribution in [2.24, 2.45) is 5.92 Å². The first-order valence-electron chi connectivity index (χ1n) is 11.1. The zero-order valence-electron chi connectivity index (χ0n) is 19.6. The third-order valence-corrected chi connectivity index (χ3v) is 7.08. The second kappa shape index (κ2) is 12.2. The molecule has 3 rings (SSSR count). The molecule has 2 atom stereocenters. The van der Waals surface area contributed by atoms with Crippen LogP contribution in [0.5, 0.6) is 11.5 Å². The van der Waals surface area contributed by atoms with E-state index in [4.69, 9.17) is 21.1 Å². The number of halogens is 2. The van der Waals surface area contributed by atoms with Gasteiger partial charge in [-0.3, -0.25) is 0 Å². The Kier molecular flexibility index (Phi) is 9.58. The number of nitrogens with zero attached hydrogens (tertiary/aromatic N) is 3. The molecule has 1 aromatic heterocycles. The van der Waals surface area contributed by atoms with Gasteiger partial charge in [0.25, 0.3) is 0 Å². The van der Waals surface area contributed by atoms with Gasteiger partial charge in [-0.05, 0) is 58.0 Å². The number of alkyl halides is 1. The molecular formula is C25H31ClIN3O4. The molecule has 184 valence electrons. The first kappa shape index (κ1) is 26.7. The summed E-state index contributed by atoms with van der Waals surface area (Å²) in [6.45, 7) is 7.13. The van der Waals surface area contributed by atoms with Gasteiger partial charge in [-0.25, -0.2) is 4.68 Å². The molecule has 0 saturated heterocycles. The average molecular weight is 596 g/mol. The molecule has 0 fully saturated rings. The van der Waals surface area contributed by atoms with Crippen LogP contribution in [0.25, 0.3) is 0 Å². The van der Waals surface area contributed by atoms with Crippen molar-refractivity contribution in [1.29, 1.82) is 0 Å². The lowest BCUT2D eigenvalue weighted by Gasteiger charge is -2.26. The zero-order chi connectivity index (χ0) is 24.7. The Hall–Kier alpha value is -1.88. The Labute approximate surface area is 219 Å². The zero-order valence-corrected chi connectivity index (χ0v) is 22.5. The molecule has 0 bridgehead atoms. The number of hydrogen-bond donors (Lipinski definition) is 2. The van der Waals surface area contributed by atoms with E-state index in [0.717, 1.165) is 11.3 Å². The van der Waals surface area contributed by atoms with Gasteiger partial charge in [0.2, 0.25) is 0 Å². The first-order valence-corrected chi connectivity index (χ1v) is 12.7. The molecule has 0 aliphatic heterocycles. The second-order valence-corrected chi connectivity index (χ2v) is 10.2. The van der Waals surface area contributed by atoms with E-state index in [9.17, 15) is 10.2 Å². The molecule has 34 heavy (non-hydrogen) atoms. The Morgan fingerprint density at radius 2 is 1.53 bits per heavy atom. The van der Waals surface area contributed by atoms with E-state index < -0.39 is 6.10 Å². The topological polar surface area (TPSA) is 89.6 Å². The van der Waals surface area contributed by atoms with Crippen molar-refractivity contribution in [2.75, 3.05) is 19.1 Å². The second-order valence-electron chi connectivity index (χ2n) is 8.88. The van der Waals surface area contributed by atoms with Crippen LogP contribution in [0.2, 0.25) is 0 Å². The summed E-state index contributed by atoms with van der Waals surface area (Å²) in [5.41, 5.74) is 2.70. The van der Waals surface area contributed by atoms with Gasteiger partial charge in [0.05, 0.1) is 25.5 Å². The molecule has 7 nitrogen and oxygen atoms in total. The molecule has 0 saturated carbocycles. The third kappa shape index (κ3) is 6.84. The number of aromatic nitrogens is 3. The highest BCUT2D eigenvalue weighted by Gasteiger charge is 2.23. The van der Waals surface area contributed by atoms with Gasteiger partial charge in [-0.2, -0.15) is 0 Å². The lowest BCUT2D eigenvalue weighted by Crippen LogP contribution is -2.25. The molecule has 1 heterocycles. The van der Waals surface area contributed by atoms with Crippen molar-refractivity contribution >= 4 is 34.2 Å². The van der Waals surface area contributed by atoms with Crippen LogP contribution in [0.15, 0.2) is 48.5 Å². The van der Waals surface area contributed by atoms with Crippen molar-refractivity contribution in [3.05, 3.63) is 69.1 Å². The van der Waals surface area contributed by atoms with Gasteiger partial charge in [0, 0.05) is 17.2 Å². The molecule has 2 N–H and O–H groups in total. The van der Waals surface area contributed by atoms with E-state index in [2.05, 4.69) is 43.2 Å². The maximum Gasteiger partial charge on any atom is 0.149 e. The van der Waals surface area contributed by atoms with Crippen LogP contribution in [-0.2, 0) is 18.6 Å². The van der Waals surface area contributed by atoms with Crippen LogP contribution >= 0.6 is 34.2 Å². The fraction of sp³-hybridized carbons (Fsp3) is 0.440. The number of aliphatic hydroxyl groups is 2. The Balaban J connectivity index is 1.57. The first-order chi connectivity index (χ1) is 16.2. The van der Waals surface area contributed by atoms with Gasteiger partial charge in [-0.1, -0.05) is 50.3 Å². The number of aliphatic hydroxyl groups excluding tert-OH is 2. The summed E-state index contributed by atoms with van der Waals surface area (Å²) in [6.07, 6.45) is -0.785. The molecule has 0 aliphatic carbocycles. The summed E-state index contributed by atoms with van der Waals surface area (Å²) >= 11 is 7.85. The normalized spacial score (nSPS) is 13.5. The highest BCUT2D eigenvalue weighted by molar-refractivity contribution is 14.1. The SMILES string of the molecule is C[C@@H](CCl)COc1ccc(C(C)(C)c2ccc(OC[C@H](O)Cn3nnc([123I])c3CO)cc2)cc1. The quantitative estimate of drug-likeness (QED) is 0.239. The molecule has 0 unspecified atom stereocenters. The maximum atomic E-state index is 10.3. The van der Waals surface area contributed by atoms with Gasteiger partial charge in [0.15, 0.2) is 0 Å². The minimum Gasteiger partial charge on any atom is -0.493 e. The van der Waals surface area contributed by atoms with Gasteiger partial charge >= 0.3 is 0 Å². The summed E-state index contributed by atoms with van der Waals surface area (Å²) in [5.74, 6) is 2.40. The van der Waals surface area contributed by atoms with Crippen molar-refractivity contribution in [3.8, 4) is 11.5 Å². The van der Waals surface area contributed by atoms with E-state index in [1.54, 1.807) is 0 Å². The van der Waals surface area contributed by atoms with E-state index in [1.165, 1.54) is 10.2 Å². The van der Waals surface area contributed by atoms with Crippen molar-refractivity contribution in [3.63, 3.8) is 0 Å². The number of benzene rings is 2. The van der Waals surface area contributed by atoms with Gasteiger partial charge < -0.3 is 19.7 Å². The number of hydrogen-bond acceptors (Lipinski definition) is 6. The summed E-state index contributed by atoms with van der Waals surface area (Å²) in [4.78, 5) is 0. The molecule has 0 amide bonds. The van der Waals surface area contributed by atoms with E-state index in [0.29, 0.717) is 33.5 Å². The average Bonchev–Trinajstić information content (AvgIpc) is 3.20. The molecule has 0 radical (unpaired) electrons. The van der Waals surface area contributed by atoms with Crippen molar-refractivity contribution in [2.45, 2.75) is 45.4 Å². The van der Waals surface area contributed by atoms with Gasteiger partial charge in [0.1, 0.15) is 27.9 Å². The van der Waals surface area contributed by atoms with E-state index in [-0.39, 0.29) is 25.2 Å². The van der Waals surface area contributed by atoms with Crippen molar-refractivity contribution in [1.82, 2.24) is 15.0 Å². The highest BCUT2D eigenvalue weighted by atomic mass is 123. The fourth-order valence-corrected chi connectivity index (χ4v) is 4.07. The molecule has 0 aliphatic rings. The largest absolute Gasteiger partial charge is 0.493 e. The van der Waals surface area contributed by atoms with Crippen LogP contribution < -0.4 is 9.47 Å². The van der Waals surface area contributed by atoms with Crippen molar-refractivity contribution < 1.29 is 19.7 Å². The minimum atomic E-state index is -0.785. The lowest BCUT2D eigenvalue weighted by molar-refractivity contribution is 0.0866. The molecule has 2 aromatic carbocycles. The fourth-order valence-electron chi connectivity index (χ4n) is 3.44. The number of ether oxygens (including phenoxy) is 2. The van der Waals surface area contributed by atoms with E-state index in [1.807, 2.05) is 59.0 Å². The highest BCUT2D eigenvalue weighted by Crippen LogP contribution is 2.33. The lowest BCUT2D eigenvalue weighted by atomic mass is 9.78. The smallest absolute Gasteiger partial charge is 0.149 e. The van der Waals surface area contributed by atoms with E-state index >= 15 is 0 Å². The Morgan fingerprint density at radius 1 is 1.00 bits per heavy atom. The standard InChI is InChI=1S/C25H31ClIN3O4/c1-17(12-26)15-33-21-8-4-18(5-9-21)25(2,3)19-6-10-22(11-7-19)34-16-20(32)13-30-23(14-31)24(27)28-29-30/h4-11,17,20,31-32H,12-16H2,1-3H3/t17-,20+/m0/s1/i27-4. The maximum absolute atomic E-state index is 10.3. The number of rotatable bonds is 12. The Bertz CT molecular complexity index is 1040. The van der Waals surface area contributed by atoms with Crippen LogP contribution in [-0.4, -0.2) is 50.4 Å². The molecule has 3 aromatic rings. The van der Waals surface area contributed by atoms with Crippen LogP contribution in [0.1, 0.15) is 37.6 Å². The van der Waals surface area contributed by atoms with Gasteiger partial charge in [-0.15, -0.1) is 16.7 Å². The predicted octanol–water partition coefficient (Wildman–Crippen LogP) is 4.39.